The van der Waals surface area contributed by atoms with Crippen LogP contribution in [0.2, 0.25) is 0 Å². The zero-order valence-electron chi connectivity index (χ0n) is 6.38. The van der Waals surface area contributed by atoms with E-state index in [1.165, 1.54) is 12.3 Å². The number of allylic oxidation sites excluding steroid dienone is 3. The molecule has 0 radical (unpaired) electrons. The van der Waals surface area contributed by atoms with E-state index >= 15 is 0 Å². The van der Waals surface area contributed by atoms with Gasteiger partial charge in [0, 0.05) is 17.9 Å². The third kappa shape index (κ3) is 1.95. The minimum Gasteiger partial charge on any atom is -0.224 e. The van der Waals surface area contributed by atoms with E-state index in [-0.39, 0.29) is 0 Å². The topological polar surface area (TPSA) is 34.1 Å². The van der Waals surface area contributed by atoms with Crippen molar-refractivity contribution >= 4 is 9.84 Å². The van der Waals surface area contributed by atoms with Gasteiger partial charge in [-0.05, 0) is 13.0 Å². The standard InChI is InChI=1S/C8H8O2S/c1-7-4-3-5-8(6-7)11(2,9)10/h5-6H,1-2H3. The van der Waals surface area contributed by atoms with Gasteiger partial charge in [-0.2, -0.15) is 0 Å². The lowest BCUT2D eigenvalue weighted by Gasteiger charge is -1.98. The molecule has 0 saturated carbocycles. The molecular weight excluding hydrogens is 160 g/mol. The van der Waals surface area contributed by atoms with Crippen LogP contribution in [0.15, 0.2) is 34.1 Å². The van der Waals surface area contributed by atoms with Gasteiger partial charge in [0.1, 0.15) is 0 Å². The summed E-state index contributed by atoms with van der Waals surface area (Å²) in [6.45, 7) is 1.78. The Morgan fingerprint density at radius 2 is 2.09 bits per heavy atom. The van der Waals surface area contributed by atoms with Gasteiger partial charge in [0.25, 0.3) is 0 Å². The quantitative estimate of drug-likeness (QED) is 0.551. The van der Waals surface area contributed by atoms with Crippen molar-refractivity contribution in [2.24, 2.45) is 0 Å². The highest BCUT2D eigenvalue weighted by Gasteiger charge is 2.08. The molecule has 0 spiro atoms. The van der Waals surface area contributed by atoms with Gasteiger partial charge in [-0.25, -0.2) is 8.42 Å². The molecule has 1 aliphatic carbocycles. The third-order valence-corrected chi connectivity index (χ3v) is 2.36. The lowest BCUT2D eigenvalue weighted by atomic mass is 10.2. The number of hydrogen-bond acceptors (Lipinski definition) is 2. The Hall–Kier alpha value is -1.01. The fraction of sp³-hybridized carbons (Fsp3) is 0.250. The van der Waals surface area contributed by atoms with Crippen molar-refractivity contribution in [3.8, 4) is 0 Å². The number of sulfone groups is 1. The predicted molar refractivity (Wildman–Crippen MR) is 43.7 cm³/mol. The van der Waals surface area contributed by atoms with E-state index in [4.69, 9.17) is 0 Å². The average Bonchev–Trinajstić information content (AvgIpc) is 1.86. The molecule has 0 saturated heterocycles. The van der Waals surface area contributed by atoms with Gasteiger partial charge < -0.3 is 0 Å². The minimum absolute atomic E-state index is 0.300. The smallest absolute Gasteiger partial charge is 0.176 e. The molecule has 0 aromatic carbocycles. The Kier molecular flexibility index (Phi) is 1.88. The molecule has 58 valence electrons. The lowest BCUT2D eigenvalue weighted by molar-refractivity contribution is 0.608. The summed E-state index contributed by atoms with van der Waals surface area (Å²) in [5.41, 5.74) is 6.17. The van der Waals surface area contributed by atoms with E-state index in [0.717, 1.165) is 5.57 Å². The maximum atomic E-state index is 11.0. The zero-order chi connectivity index (χ0) is 8.48. The largest absolute Gasteiger partial charge is 0.224 e. The maximum Gasteiger partial charge on any atom is 0.176 e. The molecule has 2 nitrogen and oxygen atoms in total. The second-order valence-corrected chi connectivity index (χ2v) is 4.43. The fourth-order valence-electron chi connectivity index (χ4n) is 0.726. The lowest BCUT2D eigenvalue weighted by Crippen LogP contribution is -1.98. The van der Waals surface area contributed by atoms with Crippen LogP contribution in [-0.4, -0.2) is 14.7 Å². The molecular formula is C8H8O2S. The van der Waals surface area contributed by atoms with Crippen LogP contribution in [0.4, 0.5) is 0 Å². The molecule has 0 amide bonds. The zero-order valence-corrected chi connectivity index (χ0v) is 7.20. The van der Waals surface area contributed by atoms with Crippen LogP contribution in [-0.2, 0) is 9.84 Å². The third-order valence-electron chi connectivity index (χ3n) is 1.27. The van der Waals surface area contributed by atoms with Crippen LogP contribution in [0.3, 0.4) is 0 Å². The van der Waals surface area contributed by atoms with E-state index in [9.17, 15) is 8.42 Å². The summed E-state index contributed by atoms with van der Waals surface area (Å²) >= 11 is 0. The van der Waals surface area contributed by atoms with Crippen molar-refractivity contribution in [2.75, 3.05) is 6.26 Å². The minimum atomic E-state index is -3.08. The Labute approximate surface area is 66.2 Å². The Bertz CT molecular complexity index is 397. The van der Waals surface area contributed by atoms with Crippen LogP contribution < -0.4 is 0 Å². The Morgan fingerprint density at radius 3 is 2.45 bits per heavy atom. The first-order chi connectivity index (χ1) is 5.00. The summed E-state index contributed by atoms with van der Waals surface area (Å²) < 4.78 is 21.9. The van der Waals surface area contributed by atoms with E-state index in [0.29, 0.717) is 4.91 Å². The van der Waals surface area contributed by atoms with E-state index in [2.05, 4.69) is 11.5 Å². The normalized spacial score (nSPS) is 16.2. The second kappa shape index (κ2) is 2.55. The van der Waals surface area contributed by atoms with Gasteiger partial charge in [-0.3, -0.25) is 0 Å². The van der Waals surface area contributed by atoms with Gasteiger partial charge in [-0.15, -0.1) is 0 Å². The molecule has 0 bridgehead atoms. The van der Waals surface area contributed by atoms with Crippen LogP contribution in [0.1, 0.15) is 6.92 Å². The molecule has 0 fully saturated rings. The van der Waals surface area contributed by atoms with Crippen molar-refractivity contribution in [1.82, 2.24) is 0 Å². The summed E-state index contributed by atoms with van der Waals surface area (Å²) in [5.74, 6) is 0. The molecule has 1 rings (SSSR count). The van der Waals surface area contributed by atoms with Crippen LogP contribution in [0, 0.1) is 0 Å². The summed E-state index contributed by atoms with van der Waals surface area (Å²) in [5, 5.41) is 0. The SMILES string of the molecule is CC1=C=C=CC(S(C)(=O)=O)=C1. The van der Waals surface area contributed by atoms with Gasteiger partial charge in [0.15, 0.2) is 9.84 Å². The molecule has 1 aliphatic rings. The van der Waals surface area contributed by atoms with Crippen molar-refractivity contribution in [3.05, 3.63) is 34.1 Å². The highest BCUT2D eigenvalue weighted by Crippen LogP contribution is 2.11. The maximum absolute atomic E-state index is 11.0. The molecule has 0 aromatic heterocycles. The summed E-state index contributed by atoms with van der Waals surface area (Å²) in [7, 11) is -3.08. The van der Waals surface area contributed by atoms with Gasteiger partial charge in [0.05, 0.1) is 4.91 Å². The number of rotatable bonds is 1. The molecule has 11 heavy (non-hydrogen) atoms. The highest BCUT2D eigenvalue weighted by molar-refractivity contribution is 7.94. The molecule has 0 atom stereocenters. The van der Waals surface area contributed by atoms with Gasteiger partial charge in [0.2, 0.25) is 0 Å². The predicted octanol–water partition coefficient (Wildman–Crippen LogP) is 1.19. The van der Waals surface area contributed by atoms with Gasteiger partial charge >= 0.3 is 0 Å². The fourth-order valence-corrected chi connectivity index (χ4v) is 1.39. The van der Waals surface area contributed by atoms with Crippen molar-refractivity contribution in [1.29, 1.82) is 0 Å². The molecule has 0 unspecified atom stereocenters. The summed E-state index contributed by atoms with van der Waals surface area (Å²) in [4.78, 5) is 0.300. The first kappa shape index (κ1) is 8.09. The molecule has 3 heteroatoms. The highest BCUT2D eigenvalue weighted by atomic mass is 32.2. The summed E-state index contributed by atoms with van der Waals surface area (Å²) in [6, 6.07) is 0. The van der Waals surface area contributed by atoms with Gasteiger partial charge in [-0.1, -0.05) is 11.5 Å². The van der Waals surface area contributed by atoms with E-state index in [1.807, 2.05) is 0 Å². The monoisotopic (exact) mass is 168 g/mol. The van der Waals surface area contributed by atoms with Crippen molar-refractivity contribution < 1.29 is 8.42 Å². The van der Waals surface area contributed by atoms with Crippen LogP contribution in [0.25, 0.3) is 0 Å². The molecule has 0 N–H and O–H groups in total. The number of hydrogen-bond donors (Lipinski definition) is 0. The molecule has 0 aromatic rings. The Morgan fingerprint density at radius 1 is 1.45 bits per heavy atom. The first-order valence-electron chi connectivity index (χ1n) is 3.10. The molecule has 0 aliphatic heterocycles. The van der Waals surface area contributed by atoms with Crippen molar-refractivity contribution in [3.63, 3.8) is 0 Å². The first-order valence-corrected chi connectivity index (χ1v) is 4.99. The molecule has 0 heterocycles. The average molecular weight is 168 g/mol. The van der Waals surface area contributed by atoms with E-state index in [1.54, 1.807) is 13.0 Å². The van der Waals surface area contributed by atoms with E-state index < -0.39 is 9.84 Å². The summed E-state index contributed by atoms with van der Waals surface area (Å²) in [6.07, 6.45) is 4.17. The van der Waals surface area contributed by atoms with Crippen LogP contribution in [0.5, 0.6) is 0 Å². The Balaban J connectivity index is 3.22. The van der Waals surface area contributed by atoms with Crippen molar-refractivity contribution in [2.45, 2.75) is 6.92 Å². The van der Waals surface area contributed by atoms with Crippen LogP contribution >= 0.6 is 0 Å². The second-order valence-electron chi connectivity index (χ2n) is 2.42.